The van der Waals surface area contributed by atoms with E-state index in [1.807, 2.05) is 24.4 Å². The predicted molar refractivity (Wildman–Crippen MR) is 113 cm³/mol. The van der Waals surface area contributed by atoms with Gasteiger partial charge in [0.05, 0.1) is 5.52 Å². The Kier molecular flexibility index (Phi) is 4.87. The van der Waals surface area contributed by atoms with Crippen LogP contribution in [0.1, 0.15) is 20.8 Å². The van der Waals surface area contributed by atoms with Gasteiger partial charge in [0.1, 0.15) is 17.2 Å². The lowest BCUT2D eigenvalue weighted by molar-refractivity contribution is 0.128. The van der Waals surface area contributed by atoms with E-state index in [-0.39, 0.29) is 5.54 Å². The van der Waals surface area contributed by atoms with Gasteiger partial charge in [0.15, 0.2) is 5.75 Å². The molecule has 1 aliphatic rings. The maximum absolute atomic E-state index is 11.1. The molecule has 0 unspecified atom stereocenters. The van der Waals surface area contributed by atoms with Gasteiger partial charge in [-0.25, -0.2) is 14.8 Å². The van der Waals surface area contributed by atoms with Gasteiger partial charge >= 0.3 is 6.09 Å². The van der Waals surface area contributed by atoms with Crippen LogP contribution in [0.25, 0.3) is 22.4 Å². The van der Waals surface area contributed by atoms with Crippen molar-refractivity contribution in [2.24, 2.45) is 5.73 Å². The van der Waals surface area contributed by atoms with Crippen LogP contribution in [0.15, 0.2) is 36.5 Å². The Morgan fingerprint density at radius 2 is 1.90 bits per heavy atom. The molecular weight excluding hydrogens is 368 g/mol. The lowest BCUT2D eigenvalue weighted by atomic mass is 10.0. The molecule has 8 nitrogen and oxygen atoms in total. The number of imidazole rings is 1. The molecule has 0 saturated carbocycles. The summed E-state index contributed by atoms with van der Waals surface area (Å²) in [7, 11) is 0. The number of carbonyl (C=O) groups is 1. The Balaban J connectivity index is 1.52. The van der Waals surface area contributed by atoms with E-state index in [9.17, 15) is 4.79 Å². The number of para-hydroxylation sites is 1. The first-order valence-corrected chi connectivity index (χ1v) is 9.74. The van der Waals surface area contributed by atoms with Crippen LogP contribution in [0.4, 0.5) is 10.6 Å². The molecular formula is C21H26N6O2. The van der Waals surface area contributed by atoms with Gasteiger partial charge in [-0.3, -0.25) is 4.90 Å². The summed E-state index contributed by atoms with van der Waals surface area (Å²) in [5, 5.41) is 0. The van der Waals surface area contributed by atoms with Gasteiger partial charge in [-0.1, -0.05) is 6.07 Å². The van der Waals surface area contributed by atoms with Gasteiger partial charge in [0.2, 0.25) is 0 Å². The Morgan fingerprint density at radius 3 is 2.52 bits per heavy atom. The van der Waals surface area contributed by atoms with Gasteiger partial charge in [-0.05, 0) is 45.0 Å². The number of hydrogen-bond acceptors (Lipinski definition) is 6. The van der Waals surface area contributed by atoms with Crippen LogP contribution < -0.4 is 15.4 Å². The lowest BCUT2D eigenvalue weighted by Gasteiger charge is -2.42. The molecule has 0 radical (unpaired) electrons. The first-order chi connectivity index (χ1) is 13.8. The number of H-pyrrole nitrogens is 1. The number of nitrogens with zero attached hydrogens (tertiary/aromatic N) is 4. The summed E-state index contributed by atoms with van der Waals surface area (Å²) in [5.41, 5.74) is 7.52. The first-order valence-electron chi connectivity index (χ1n) is 9.74. The highest BCUT2D eigenvalue weighted by Crippen LogP contribution is 2.28. The van der Waals surface area contributed by atoms with E-state index in [1.54, 1.807) is 12.1 Å². The number of anilines is 1. The van der Waals surface area contributed by atoms with E-state index in [0.717, 1.165) is 43.1 Å². The number of hydrogen-bond donors (Lipinski definition) is 2. The third kappa shape index (κ3) is 4.02. The smallest absolute Gasteiger partial charge is 0.408 e. The summed E-state index contributed by atoms with van der Waals surface area (Å²) in [6.45, 7) is 10.7. The van der Waals surface area contributed by atoms with E-state index < -0.39 is 6.09 Å². The third-order valence-electron chi connectivity index (χ3n) is 5.26. The number of amides is 1. The first kappa shape index (κ1) is 19.2. The van der Waals surface area contributed by atoms with Crippen LogP contribution in [0.3, 0.4) is 0 Å². The molecule has 2 aromatic heterocycles. The minimum absolute atomic E-state index is 0.196. The number of ether oxygens (including phenoxy) is 1. The Labute approximate surface area is 169 Å². The molecule has 0 atom stereocenters. The van der Waals surface area contributed by atoms with Crippen molar-refractivity contribution in [1.29, 1.82) is 0 Å². The van der Waals surface area contributed by atoms with Crippen molar-refractivity contribution in [1.82, 2.24) is 19.9 Å². The zero-order valence-electron chi connectivity index (χ0n) is 17.0. The second-order valence-corrected chi connectivity index (χ2v) is 8.21. The zero-order valence-corrected chi connectivity index (χ0v) is 17.0. The lowest BCUT2D eigenvalue weighted by Crippen LogP contribution is -2.53. The maximum Gasteiger partial charge on any atom is 0.410 e. The number of primary amides is 1. The highest BCUT2D eigenvalue weighted by atomic mass is 16.5. The van der Waals surface area contributed by atoms with Crippen LogP contribution >= 0.6 is 0 Å². The molecule has 1 amide bonds. The molecule has 4 rings (SSSR count). The van der Waals surface area contributed by atoms with Crippen LogP contribution in [-0.4, -0.2) is 57.7 Å². The topological polar surface area (TPSA) is 100 Å². The number of aromatic nitrogens is 3. The fourth-order valence-corrected chi connectivity index (χ4v) is 3.65. The molecule has 3 heterocycles. The van der Waals surface area contributed by atoms with Crippen LogP contribution in [0.2, 0.25) is 0 Å². The fourth-order valence-electron chi connectivity index (χ4n) is 3.65. The van der Waals surface area contributed by atoms with Gasteiger partial charge in [-0.15, -0.1) is 0 Å². The summed E-state index contributed by atoms with van der Waals surface area (Å²) in [4.78, 5) is 28.4. The number of pyridine rings is 1. The molecule has 8 heteroatoms. The number of aromatic amines is 1. The van der Waals surface area contributed by atoms with Gasteiger partial charge in [0.25, 0.3) is 0 Å². The Bertz CT molecular complexity index is 1010. The number of fused-ring (bicyclic) bond motifs is 1. The molecule has 1 aliphatic heterocycles. The summed E-state index contributed by atoms with van der Waals surface area (Å²) in [6.07, 6.45) is 0.956. The zero-order chi connectivity index (χ0) is 20.6. The standard InChI is InChI=1S/C21H26N6O2/c1-21(2,3)27-11-9-26(10-12-27)17-8-7-14(13-23-17)19-24-15-5-4-6-16(18(15)25-19)29-20(22)28/h4-8,13H,9-12H2,1-3H3,(H2,22,28)(H,24,25). The molecule has 3 aromatic rings. The van der Waals surface area contributed by atoms with E-state index in [0.29, 0.717) is 17.1 Å². The number of piperazine rings is 1. The molecule has 0 spiro atoms. The largest absolute Gasteiger partial charge is 0.410 e. The molecule has 1 aromatic carbocycles. The second-order valence-electron chi connectivity index (χ2n) is 8.21. The quantitative estimate of drug-likeness (QED) is 0.708. The summed E-state index contributed by atoms with van der Waals surface area (Å²) in [6, 6.07) is 9.34. The Morgan fingerprint density at radius 1 is 1.14 bits per heavy atom. The van der Waals surface area contributed by atoms with Crippen LogP contribution in [-0.2, 0) is 0 Å². The number of benzene rings is 1. The normalized spacial score (nSPS) is 15.6. The Hall–Kier alpha value is -3.13. The molecule has 0 aliphatic carbocycles. The molecule has 152 valence electrons. The number of rotatable bonds is 3. The predicted octanol–water partition coefficient (Wildman–Crippen LogP) is 3.00. The molecule has 1 saturated heterocycles. The second kappa shape index (κ2) is 7.36. The van der Waals surface area contributed by atoms with Crippen LogP contribution in [0.5, 0.6) is 5.75 Å². The van der Waals surface area contributed by atoms with E-state index in [2.05, 4.69) is 45.5 Å². The summed E-state index contributed by atoms with van der Waals surface area (Å²) >= 11 is 0. The van der Waals surface area contributed by atoms with Crippen molar-refractivity contribution in [3.8, 4) is 17.1 Å². The van der Waals surface area contributed by atoms with Crippen molar-refractivity contribution in [2.45, 2.75) is 26.3 Å². The number of nitrogens with two attached hydrogens (primary N) is 1. The van der Waals surface area contributed by atoms with Crippen molar-refractivity contribution in [3.05, 3.63) is 36.5 Å². The summed E-state index contributed by atoms with van der Waals surface area (Å²) < 4.78 is 5.04. The molecule has 1 fully saturated rings. The number of carbonyl (C=O) groups excluding carboxylic acids is 1. The van der Waals surface area contributed by atoms with Crippen molar-refractivity contribution >= 4 is 22.9 Å². The molecule has 3 N–H and O–H groups in total. The monoisotopic (exact) mass is 394 g/mol. The molecule has 0 bridgehead atoms. The average Bonchev–Trinajstić information content (AvgIpc) is 3.13. The van der Waals surface area contributed by atoms with Gasteiger partial charge in [0, 0.05) is 43.5 Å². The minimum Gasteiger partial charge on any atom is -0.408 e. The van der Waals surface area contributed by atoms with Crippen molar-refractivity contribution in [3.63, 3.8) is 0 Å². The van der Waals surface area contributed by atoms with Gasteiger partial charge < -0.3 is 20.4 Å². The number of nitrogens with one attached hydrogen (secondary N) is 1. The SMILES string of the molecule is CC(C)(C)N1CCN(c2ccc(-c3nc4c(OC(N)=O)cccc4[nH]3)cn2)CC1. The van der Waals surface area contributed by atoms with E-state index in [4.69, 9.17) is 10.5 Å². The van der Waals surface area contributed by atoms with Crippen molar-refractivity contribution in [2.75, 3.05) is 31.1 Å². The maximum atomic E-state index is 11.1. The van der Waals surface area contributed by atoms with Crippen LogP contribution in [0, 0.1) is 0 Å². The summed E-state index contributed by atoms with van der Waals surface area (Å²) in [5.74, 6) is 1.96. The highest BCUT2D eigenvalue weighted by molar-refractivity contribution is 5.87. The third-order valence-corrected chi connectivity index (χ3v) is 5.26. The van der Waals surface area contributed by atoms with Crippen molar-refractivity contribution < 1.29 is 9.53 Å². The van der Waals surface area contributed by atoms with Gasteiger partial charge in [-0.2, -0.15) is 0 Å². The molecule has 29 heavy (non-hydrogen) atoms. The highest BCUT2D eigenvalue weighted by Gasteiger charge is 2.26. The fraction of sp³-hybridized carbons (Fsp3) is 0.381. The average molecular weight is 394 g/mol. The van der Waals surface area contributed by atoms with E-state index >= 15 is 0 Å². The van der Waals surface area contributed by atoms with E-state index in [1.165, 1.54) is 0 Å². The minimum atomic E-state index is -0.861.